The molecule has 5 nitrogen and oxygen atoms in total. The van der Waals surface area contributed by atoms with E-state index in [0.29, 0.717) is 5.56 Å². The van der Waals surface area contributed by atoms with E-state index in [4.69, 9.17) is 0 Å². The van der Waals surface area contributed by atoms with Gasteiger partial charge in [0.25, 0.3) is 0 Å². The Labute approximate surface area is 122 Å². The molecular formula is C16H14N4O. The Morgan fingerprint density at radius 2 is 2.19 bits per heavy atom. The molecule has 0 saturated carbocycles. The van der Waals surface area contributed by atoms with Crippen LogP contribution in [0.2, 0.25) is 0 Å². The van der Waals surface area contributed by atoms with Gasteiger partial charge in [-0.2, -0.15) is 0 Å². The molecule has 2 aliphatic rings. The van der Waals surface area contributed by atoms with Crippen LogP contribution in [0.25, 0.3) is 0 Å². The van der Waals surface area contributed by atoms with E-state index in [1.165, 1.54) is 0 Å². The summed E-state index contributed by atoms with van der Waals surface area (Å²) in [5, 5.41) is 3.34. The van der Waals surface area contributed by atoms with Gasteiger partial charge in [0.1, 0.15) is 11.7 Å². The summed E-state index contributed by atoms with van der Waals surface area (Å²) in [5.41, 5.74) is 2.73. The molecule has 0 fully saturated rings. The number of allylic oxidation sites excluding steroid dienone is 1. The second-order valence-electron chi connectivity index (χ2n) is 5.02. The number of anilines is 1. The first-order valence-corrected chi connectivity index (χ1v) is 6.90. The average molecular weight is 278 g/mol. The number of H-pyrrole nitrogens is 1. The highest BCUT2D eigenvalue weighted by Gasteiger charge is 2.29. The van der Waals surface area contributed by atoms with Gasteiger partial charge in [-0.3, -0.25) is 9.79 Å². The maximum absolute atomic E-state index is 12.3. The van der Waals surface area contributed by atoms with E-state index in [0.717, 1.165) is 36.0 Å². The molecule has 3 heterocycles. The number of aliphatic imine (C=N–C) groups is 1. The first kappa shape index (κ1) is 12.0. The minimum absolute atomic E-state index is 0.0237. The summed E-state index contributed by atoms with van der Waals surface area (Å²) in [6.07, 6.45) is 5.09. The summed E-state index contributed by atoms with van der Waals surface area (Å²) in [6.45, 7) is 1.55. The molecule has 1 aromatic heterocycles. The Kier molecular flexibility index (Phi) is 2.64. The molecule has 5 heteroatoms. The van der Waals surface area contributed by atoms with Crippen LogP contribution in [0.3, 0.4) is 0 Å². The molecule has 0 unspecified atom stereocenters. The Morgan fingerprint density at radius 1 is 1.29 bits per heavy atom. The van der Waals surface area contributed by atoms with Gasteiger partial charge in [0.2, 0.25) is 0 Å². The number of amidine groups is 1. The van der Waals surface area contributed by atoms with Crippen molar-refractivity contribution in [2.45, 2.75) is 0 Å². The second kappa shape index (κ2) is 4.63. The predicted octanol–water partition coefficient (Wildman–Crippen LogP) is 2.23. The molecule has 0 bridgehead atoms. The Morgan fingerprint density at radius 3 is 3.05 bits per heavy atom. The first-order valence-electron chi connectivity index (χ1n) is 6.90. The van der Waals surface area contributed by atoms with Crippen molar-refractivity contribution in [2.24, 2.45) is 4.99 Å². The van der Waals surface area contributed by atoms with Gasteiger partial charge in [0, 0.05) is 36.1 Å². The molecule has 2 aromatic rings. The molecule has 104 valence electrons. The largest absolute Gasteiger partial charge is 0.367 e. The van der Waals surface area contributed by atoms with Gasteiger partial charge in [-0.1, -0.05) is 12.1 Å². The van der Waals surface area contributed by atoms with Crippen molar-refractivity contribution in [1.82, 2.24) is 9.88 Å². The highest BCUT2D eigenvalue weighted by Crippen LogP contribution is 2.29. The third kappa shape index (κ3) is 1.94. The van der Waals surface area contributed by atoms with Crippen molar-refractivity contribution in [3.63, 3.8) is 0 Å². The van der Waals surface area contributed by atoms with Crippen LogP contribution in [0.15, 0.2) is 59.6 Å². The zero-order valence-corrected chi connectivity index (χ0v) is 11.3. The zero-order valence-electron chi connectivity index (χ0n) is 11.3. The molecule has 0 aliphatic carbocycles. The van der Waals surface area contributed by atoms with Crippen LogP contribution in [0.4, 0.5) is 5.69 Å². The summed E-state index contributed by atoms with van der Waals surface area (Å²) in [6, 6.07) is 9.79. The Bertz CT molecular complexity index is 758. The van der Waals surface area contributed by atoms with Gasteiger partial charge < -0.3 is 15.2 Å². The maximum Gasteiger partial charge on any atom is 0.190 e. The Hall–Kier alpha value is -2.82. The average Bonchev–Trinajstić information content (AvgIpc) is 3.19. The number of para-hydroxylation sites is 1. The van der Waals surface area contributed by atoms with E-state index >= 15 is 0 Å². The minimum atomic E-state index is -0.0237. The number of fused-ring (bicyclic) bond motifs is 3. The third-order valence-electron chi connectivity index (χ3n) is 3.71. The van der Waals surface area contributed by atoms with Gasteiger partial charge in [-0.15, -0.1) is 0 Å². The van der Waals surface area contributed by atoms with Crippen LogP contribution < -0.4 is 5.32 Å². The molecule has 2 aliphatic heterocycles. The number of aromatic nitrogens is 1. The number of nitrogens with one attached hydrogen (secondary N) is 2. The lowest BCUT2D eigenvalue weighted by Crippen LogP contribution is -2.36. The molecule has 0 amide bonds. The standard InChI is InChI=1S/C16H14N4O/c21-14(11-5-6-17-10-11)9-15-19-13-4-2-1-3-12(13)16-18-7-8-20(15)16/h1-6,9-10,17,19H,7-8H2. The number of aromatic amines is 1. The SMILES string of the molecule is O=C(C=C1Nc2ccccc2C2=NCCN12)c1cc[nH]c1. The fraction of sp³-hybridized carbons (Fsp3) is 0.125. The zero-order chi connectivity index (χ0) is 14.2. The fourth-order valence-electron chi connectivity index (χ4n) is 2.70. The van der Waals surface area contributed by atoms with Gasteiger partial charge in [-0.25, -0.2) is 0 Å². The highest BCUT2D eigenvalue weighted by atomic mass is 16.1. The van der Waals surface area contributed by atoms with Gasteiger partial charge in [-0.05, 0) is 18.2 Å². The normalized spacial score (nSPS) is 18.0. The molecule has 4 rings (SSSR count). The summed E-state index contributed by atoms with van der Waals surface area (Å²) in [5.74, 6) is 1.71. The summed E-state index contributed by atoms with van der Waals surface area (Å²) in [7, 11) is 0. The number of ketones is 1. The van der Waals surface area contributed by atoms with E-state index in [1.54, 1.807) is 24.5 Å². The number of nitrogens with zero attached hydrogens (tertiary/aromatic N) is 2. The van der Waals surface area contributed by atoms with E-state index in [1.807, 2.05) is 24.3 Å². The van der Waals surface area contributed by atoms with Gasteiger partial charge >= 0.3 is 0 Å². The smallest absolute Gasteiger partial charge is 0.190 e. The lowest BCUT2D eigenvalue weighted by Gasteiger charge is -2.31. The number of hydrogen-bond donors (Lipinski definition) is 2. The van der Waals surface area contributed by atoms with E-state index in [-0.39, 0.29) is 5.78 Å². The van der Waals surface area contributed by atoms with Gasteiger partial charge in [0.05, 0.1) is 12.2 Å². The summed E-state index contributed by atoms with van der Waals surface area (Å²) in [4.78, 5) is 21.8. The monoisotopic (exact) mass is 278 g/mol. The van der Waals surface area contributed by atoms with Crippen LogP contribution in [-0.4, -0.2) is 34.6 Å². The van der Waals surface area contributed by atoms with Crippen molar-refractivity contribution in [1.29, 1.82) is 0 Å². The molecule has 0 atom stereocenters. The first-order chi connectivity index (χ1) is 10.3. The molecule has 0 saturated heterocycles. The van der Waals surface area contributed by atoms with E-state index in [2.05, 4.69) is 20.2 Å². The summed E-state index contributed by atoms with van der Waals surface area (Å²) < 4.78 is 0. The minimum Gasteiger partial charge on any atom is -0.367 e. The second-order valence-corrected chi connectivity index (χ2v) is 5.02. The van der Waals surface area contributed by atoms with Crippen LogP contribution in [-0.2, 0) is 0 Å². The Balaban J connectivity index is 1.75. The van der Waals surface area contributed by atoms with Gasteiger partial charge in [0.15, 0.2) is 5.78 Å². The molecule has 2 N–H and O–H groups in total. The van der Waals surface area contributed by atoms with E-state index < -0.39 is 0 Å². The van der Waals surface area contributed by atoms with Crippen LogP contribution in [0.5, 0.6) is 0 Å². The van der Waals surface area contributed by atoms with Crippen LogP contribution in [0.1, 0.15) is 15.9 Å². The quantitative estimate of drug-likeness (QED) is 0.654. The molecule has 0 spiro atoms. The topological polar surface area (TPSA) is 60.5 Å². The maximum atomic E-state index is 12.3. The van der Waals surface area contributed by atoms with Crippen LogP contribution in [0, 0.1) is 0 Å². The van der Waals surface area contributed by atoms with E-state index in [9.17, 15) is 4.79 Å². The predicted molar refractivity (Wildman–Crippen MR) is 81.4 cm³/mol. The molecule has 0 radical (unpaired) electrons. The van der Waals surface area contributed by atoms with Crippen molar-refractivity contribution in [3.05, 3.63) is 65.7 Å². The molecule has 21 heavy (non-hydrogen) atoms. The molecule has 1 aromatic carbocycles. The van der Waals surface area contributed by atoms with Crippen LogP contribution >= 0.6 is 0 Å². The van der Waals surface area contributed by atoms with Crippen molar-refractivity contribution < 1.29 is 4.79 Å². The lowest BCUT2D eigenvalue weighted by molar-refractivity contribution is 0.104. The highest BCUT2D eigenvalue weighted by molar-refractivity contribution is 6.10. The number of carbonyl (C=O) groups is 1. The number of rotatable bonds is 2. The summed E-state index contributed by atoms with van der Waals surface area (Å²) >= 11 is 0. The van der Waals surface area contributed by atoms with Crippen molar-refractivity contribution in [2.75, 3.05) is 18.4 Å². The number of benzene rings is 1. The molecular weight excluding hydrogens is 264 g/mol. The van der Waals surface area contributed by atoms with Crippen molar-refractivity contribution >= 4 is 17.3 Å². The third-order valence-corrected chi connectivity index (χ3v) is 3.71. The fourth-order valence-corrected chi connectivity index (χ4v) is 2.70. The number of hydrogen-bond acceptors (Lipinski definition) is 4. The lowest BCUT2D eigenvalue weighted by atomic mass is 10.1. The van der Waals surface area contributed by atoms with Crippen molar-refractivity contribution in [3.8, 4) is 0 Å². The number of carbonyl (C=O) groups excluding carboxylic acids is 1.